The Kier molecular flexibility index (Phi) is 8.69. The van der Waals surface area contributed by atoms with Gasteiger partial charge in [0.25, 0.3) is 0 Å². The Morgan fingerprint density at radius 2 is 1.82 bits per heavy atom. The van der Waals surface area contributed by atoms with Crippen molar-refractivity contribution in [2.24, 2.45) is 0 Å². The Hall–Kier alpha value is -4.26. The molecule has 9 heteroatoms. The molecule has 0 amide bonds. The van der Waals surface area contributed by atoms with Crippen LogP contribution >= 0.6 is 11.3 Å². The maximum atomic E-state index is 15.2. The van der Waals surface area contributed by atoms with E-state index in [1.54, 1.807) is 7.11 Å². The van der Waals surface area contributed by atoms with Gasteiger partial charge < -0.3 is 14.2 Å². The van der Waals surface area contributed by atoms with Crippen molar-refractivity contribution in [2.45, 2.75) is 32.8 Å². The highest BCUT2D eigenvalue weighted by atomic mass is 32.1. The van der Waals surface area contributed by atoms with E-state index in [1.165, 1.54) is 0 Å². The Bertz CT molecular complexity index is 1640. The minimum absolute atomic E-state index is 0.0413. The van der Waals surface area contributed by atoms with Gasteiger partial charge in [0.2, 0.25) is 0 Å². The molecule has 0 bridgehead atoms. The average molecular weight is 557 g/mol. The van der Waals surface area contributed by atoms with Gasteiger partial charge in [-0.3, -0.25) is 0 Å². The monoisotopic (exact) mass is 556 g/mol. The minimum atomic E-state index is -0.203. The average Bonchev–Trinajstić information content (AvgIpc) is 3.59. The highest BCUT2D eigenvalue weighted by Gasteiger charge is 2.17. The van der Waals surface area contributed by atoms with Crippen LogP contribution in [0.5, 0.6) is 11.5 Å². The van der Waals surface area contributed by atoms with Gasteiger partial charge in [-0.05, 0) is 72.5 Å². The van der Waals surface area contributed by atoms with E-state index in [0.29, 0.717) is 37.6 Å². The molecular formula is C31H29FN4O3S. The molecule has 7 nitrogen and oxygen atoms in total. The molecule has 1 N–H and O–H groups in total. The van der Waals surface area contributed by atoms with Crippen LogP contribution in [-0.2, 0) is 17.8 Å². The summed E-state index contributed by atoms with van der Waals surface area (Å²) in [6.45, 7) is 5.12. The number of nitrogens with zero attached hydrogens (tertiary/aromatic N) is 3. The van der Waals surface area contributed by atoms with Crippen LogP contribution in [0.25, 0.3) is 21.2 Å². The number of aromatic nitrogens is 4. The Morgan fingerprint density at radius 1 is 1.00 bits per heavy atom. The van der Waals surface area contributed by atoms with Gasteiger partial charge in [0, 0.05) is 29.2 Å². The summed E-state index contributed by atoms with van der Waals surface area (Å²) in [7, 11) is 1.64. The van der Waals surface area contributed by atoms with E-state index in [9.17, 15) is 0 Å². The van der Waals surface area contributed by atoms with Crippen LogP contribution in [0.4, 0.5) is 4.39 Å². The number of tetrazole rings is 1. The van der Waals surface area contributed by atoms with Crippen molar-refractivity contribution in [3.8, 4) is 34.5 Å². The lowest BCUT2D eigenvalue weighted by Crippen LogP contribution is -2.04. The lowest BCUT2D eigenvalue weighted by atomic mass is 9.96. The molecule has 2 heterocycles. The van der Waals surface area contributed by atoms with E-state index in [1.807, 2.05) is 74.5 Å². The lowest BCUT2D eigenvalue weighted by molar-refractivity contribution is 0.146. The maximum absolute atomic E-state index is 15.2. The summed E-state index contributed by atoms with van der Waals surface area (Å²) < 4.78 is 32.9. The molecule has 0 fully saturated rings. The van der Waals surface area contributed by atoms with Gasteiger partial charge in [-0.15, -0.1) is 27.5 Å². The van der Waals surface area contributed by atoms with Crippen LogP contribution in [0, 0.1) is 23.9 Å². The molecule has 0 aliphatic carbocycles. The number of methoxy groups -OCH3 is 1. The molecule has 40 heavy (non-hydrogen) atoms. The number of benzene rings is 3. The van der Waals surface area contributed by atoms with E-state index < -0.39 is 0 Å². The van der Waals surface area contributed by atoms with Crippen LogP contribution in [0.3, 0.4) is 0 Å². The Morgan fingerprint density at radius 3 is 2.55 bits per heavy atom. The molecule has 0 aliphatic heterocycles. The van der Waals surface area contributed by atoms with Gasteiger partial charge >= 0.3 is 0 Å². The van der Waals surface area contributed by atoms with Crippen molar-refractivity contribution in [1.82, 2.24) is 20.6 Å². The second-order valence-electron chi connectivity index (χ2n) is 9.24. The van der Waals surface area contributed by atoms with Crippen LogP contribution in [0.2, 0.25) is 0 Å². The molecule has 0 unspecified atom stereocenters. The summed E-state index contributed by atoms with van der Waals surface area (Å²) in [6.07, 6.45) is 0.570. The number of halogens is 1. The standard InChI is InChI=1S/C31H29FN4O3S/c1-4-5-23(18-29-33-35-36-34-29)22-7-9-24(10-8-22)39-19-21-6-13-28-27(17-21)30(31(32)40-28)26-12-11-25(16-20(26)2)38-15-14-37-3/h6-13,16-17,23H,14-15,18-19H2,1-3H3,(H,33,34,35,36)/t23-/m0/s1. The van der Waals surface area contributed by atoms with Crippen LogP contribution < -0.4 is 9.47 Å². The van der Waals surface area contributed by atoms with E-state index in [4.69, 9.17) is 14.2 Å². The number of nitrogens with one attached hydrogen (secondary N) is 1. The molecule has 2 aromatic heterocycles. The largest absolute Gasteiger partial charge is 0.491 e. The van der Waals surface area contributed by atoms with Crippen molar-refractivity contribution in [2.75, 3.05) is 20.3 Å². The first-order chi connectivity index (χ1) is 19.6. The number of aryl methyl sites for hydroxylation is 1. The molecule has 0 aliphatic rings. The Balaban J connectivity index is 1.31. The quantitative estimate of drug-likeness (QED) is 0.148. The maximum Gasteiger partial charge on any atom is 0.185 e. The summed E-state index contributed by atoms with van der Waals surface area (Å²) in [6, 6.07) is 19.6. The number of rotatable bonds is 11. The molecule has 1 atom stereocenters. The molecular weight excluding hydrogens is 527 g/mol. The Labute approximate surface area is 236 Å². The van der Waals surface area contributed by atoms with Crippen molar-refractivity contribution in [3.63, 3.8) is 0 Å². The number of ether oxygens (including phenoxy) is 3. The van der Waals surface area contributed by atoms with Gasteiger partial charge in [0.05, 0.1) is 12.5 Å². The minimum Gasteiger partial charge on any atom is -0.491 e. The zero-order chi connectivity index (χ0) is 27.9. The molecule has 5 aromatic rings. The van der Waals surface area contributed by atoms with Gasteiger partial charge in [-0.25, -0.2) is 0 Å². The smallest absolute Gasteiger partial charge is 0.185 e. The van der Waals surface area contributed by atoms with Gasteiger partial charge in [0.15, 0.2) is 11.0 Å². The summed E-state index contributed by atoms with van der Waals surface area (Å²) in [5, 5.41) is 14.9. The van der Waals surface area contributed by atoms with E-state index in [-0.39, 0.29) is 11.0 Å². The third-order valence-electron chi connectivity index (χ3n) is 6.52. The molecule has 0 saturated carbocycles. The normalized spacial score (nSPS) is 11.7. The fraction of sp³-hybridized carbons (Fsp3) is 0.258. The third-order valence-corrected chi connectivity index (χ3v) is 7.47. The van der Waals surface area contributed by atoms with Crippen molar-refractivity contribution in [1.29, 1.82) is 0 Å². The fourth-order valence-corrected chi connectivity index (χ4v) is 5.47. The molecule has 5 rings (SSSR count). The lowest BCUT2D eigenvalue weighted by Gasteiger charge is -2.12. The predicted molar refractivity (Wildman–Crippen MR) is 154 cm³/mol. The highest BCUT2D eigenvalue weighted by molar-refractivity contribution is 7.18. The zero-order valence-corrected chi connectivity index (χ0v) is 23.3. The first kappa shape index (κ1) is 27.3. The van der Waals surface area contributed by atoms with Gasteiger partial charge in [-0.2, -0.15) is 9.60 Å². The zero-order valence-electron chi connectivity index (χ0n) is 22.5. The number of thiophene rings is 1. The van der Waals surface area contributed by atoms with Crippen LogP contribution in [0.1, 0.15) is 35.4 Å². The summed E-state index contributed by atoms with van der Waals surface area (Å²) >= 11 is 1.15. The second-order valence-corrected chi connectivity index (χ2v) is 10.2. The molecule has 204 valence electrons. The number of hydrogen-bond donors (Lipinski definition) is 1. The fourth-order valence-electron chi connectivity index (χ4n) is 4.55. The topological polar surface area (TPSA) is 82.2 Å². The summed E-state index contributed by atoms with van der Waals surface area (Å²) in [5.74, 6) is 8.26. The van der Waals surface area contributed by atoms with E-state index in [2.05, 4.69) is 32.5 Å². The predicted octanol–water partition coefficient (Wildman–Crippen LogP) is 6.48. The number of aromatic amines is 1. The highest BCUT2D eigenvalue weighted by Crippen LogP contribution is 2.40. The number of hydrogen-bond acceptors (Lipinski definition) is 7. The summed E-state index contributed by atoms with van der Waals surface area (Å²) in [5.41, 5.74) is 4.41. The van der Waals surface area contributed by atoms with Gasteiger partial charge in [0.1, 0.15) is 24.7 Å². The van der Waals surface area contributed by atoms with Crippen LogP contribution in [0.15, 0.2) is 60.7 Å². The molecule has 3 aromatic carbocycles. The summed E-state index contributed by atoms with van der Waals surface area (Å²) in [4.78, 5) is 0. The molecule has 0 radical (unpaired) electrons. The number of H-pyrrole nitrogens is 1. The first-order valence-corrected chi connectivity index (χ1v) is 13.7. The first-order valence-electron chi connectivity index (χ1n) is 12.9. The van der Waals surface area contributed by atoms with E-state index >= 15 is 4.39 Å². The van der Waals surface area contributed by atoms with Crippen molar-refractivity contribution < 1.29 is 18.6 Å². The molecule has 0 spiro atoms. The number of fused-ring (bicyclic) bond motifs is 1. The van der Waals surface area contributed by atoms with Crippen molar-refractivity contribution in [3.05, 3.63) is 88.3 Å². The van der Waals surface area contributed by atoms with Crippen LogP contribution in [-0.4, -0.2) is 40.9 Å². The van der Waals surface area contributed by atoms with Crippen molar-refractivity contribution >= 4 is 21.4 Å². The van der Waals surface area contributed by atoms with Gasteiger partial charge in [-0.1, -0.05) is 35.4 Å². The molecule has 0 saturated heterocycles. The second kappa shape index (κ2) is 12.7. The van der Waals surface area contributed by atoms with E-state index in [0.717, 1.165) is 55.2 Å². The third kappa shape index (κ3) is 6.30. The SMILES string of the molecule is CC#C[C@@H](Cc1nn[nH]n1)c1ccc(OCc2ccc3sc(F)c(-c4ccc(OCCOC)cc4C)c3c2)cc1.